The van der Waals surface area contributed by atoms with E-state index in [4.69, 9.17) is 0 Å². The molecular weight excluding hydrogens is 282 g/mol. The van der Waals surface area contributed by atoms with E-state index in [2.05, 4.69) is 4.98 Å². The molecule has 0 unspecified atom stereocenters. The summed E-state index contributed by atoms with van der Waals surface area (Å²) in [5, 5.41) is 0.163. The summed E-state index contributed by atoms with van der Waals surface area (Å²) in [6.07, 6.45) is 2.01. The molecule has 110 valence electrons. The number of nitrogens with zero attached hydrogens (tertiary/aromatic N) is 3. The van der Waals surface area contributed by atoms with Gasteiger partial charge in [0.25, 0.3) is 5.56 Å². The van der Waals surface area contributed by atoms with Crippen molar-refractivity contribution in [1.82, 2.24) is 14.1 Å². The summed E-state index contributed by atoms with van der Waals surface area (Å²) in [6.45, 7) is 0.148. The molecule has 0 atom stereocenters. The summed E-state index contributed by atoms with van der Waals surface area (Å²) >= 11 is 0. The van der Waals surface area contributed by atoms with Crippen LogP contribution in [0.2, 0.25) is 0 Å². The quantitative estimate of drug-likeness (QED) is 0.674. The van der Waals surface area contributed by atoms with E-state index in [9.17, 15) is 14.4 Å². The molecular formula is C16H13N3O3. The van der Waals surface area contributed by atoms with Crippen molar-refractivity contribution in [2.75, 3.05) is 0 Å². The van der Waals surface area contributed by atoms with Gasteiger partial charge in [-0.2, -0.15) is 0 Å². The molecule has 0 amide bonds. The second-order valence-electron chi connectivity index (χ2n) is 4.94. The van der Waals surface area contributed by atoms with E-state index in [0.717, 1.165) is 10.1 Å². The third-order valence-corrected chi connectivity index (χ3v) is 3.57. The van der Waals surface area contributed by atoms with Crippen LogP contribution in [0.15, 0.2) is 52.2 Å². The highest BCUT2D eigenvalue weighted by atomic mass is 16.2. The molecule has 0 saturated heterocycles. The number of hydrogen-bond acceptors (Lipinski definition) is 4. The second-order valence-corrected chi connectivity index (χ2v) is 4.94. The summed E-state index contributed by atoms with van der Waals surface area (Å²) in [4.78, 5) is 40.3. The van der Waals surface area contributed by atoms with Crippen LogP contribution in [0.25, 0.3) is 11.0 Å². The third-order valence-electron chi connectivity index (χ3n) is 3.57. The van der Waals surface area contributed by atoms with Crippen molar-refractivity contribution in [3.8, 4) is 0 Å². The molecule has 0 N–H and O–H groups in total. The van der Waals surface area contributed by atoms with E-state index in [-0.39, 0.29) is 23.1 Å². The number of hydrogen-bond donors (Lipinski definition) is 0. The average Bonchev–Trinajstić information content (AvgIpc) is 2.57. The van der Waals surface area contributed by atoms with Gasteiger partial charge in [0.1, 0.15) is 5.65 Å². The summed E-state index contributed by atoms with van der Waals surface area (Å²) < 4.78 is 2.40. The van der Waals surface area contributed by atoms with Crippen molar-refractivity contribution in [2.45, 2.75) is 6.54 Å². The second kappa shape index (κ2) is 5.40. The topological polar surface area (TPSA) is 74.0 Å². The lowest BCUT2D eigenvalue weighted by Gasteiger charge is -2.11. The lowest BCUT2D eigenvalue weighted by Crippen LogP contribution is -2.40. The number of carbonyl (C=O) groups is 1. The van der Waals surface area contributed by atoms with Crippen LogP contribution in [-0.2, 0) is 13.6 Å². The summed E-state index contributed by atoms with van der Waals surface area (Å²) in [6, 6.07) is 10.7. The Kier molecular flexibility index (Phi) is 3.42. The Morgan fingerprint density at radius 2 is 1.86 bits per heavy atom. The van der Waals surface area contributed by atoms with Crippen LogP contribution in [0.3, 0.4) is 0 Å². The van der Waals surface area contributed by atoms with E-state index >= 15 is 0 Å². The van der Waals surface area contributed by atoms with E-state index < -0.39 is 11.2 Å². The van der Waals surface area contributed by atoms with Gasteiger partial charge in [-0.25, -0.2) is 9.78 Å². The van der Waals surface area contributed by atoms with Gasteiger partial charge in [-0.3, -0.25) is 18.7 Å². The number of rotatable bonds is 3. The van der Waals surface area contributed by atoms with Crippen molar-refractivity contribution in [3.63, 3.8) is 0 Å². The number of benzene rings is 1. The third kappa shape index (κ3) is 2.14. The minimum absolute atomic E-state index is 0.148. The van der Waals surface area contributed by atoms with Gasteiger partial charge in [0.05, 0.1) is 11.9 Å². The van der Waals surface area contributed by atoms with E-state index in [1.54, 1.807) is 0 Å². The molecule has 0 aliphatic heterocycles. The zero-order valence-electron chi connectivity index (χ0n) is 11.9. The Balaban J connectivity index is 2.34. The van der Waals surface area contributed by atoms with Crippen molar-refractivity contribution in [3.05, 3.63) is 74.6 Å². The molecule has 1 aromatic carbocycles. The molecule has 0 aliphatic carbocycles. The summed E-state index contributed by atoms with van der Waals surface area (Å²) in [5.41, 5.74) is 0.308. The molecule has 0 aliphatic rings. The van der Waals surface area contributed by atoms with Crippen LogP contribution in [0.1, 0.15) is 15.9 Å². The maximum atomic E-state index is 12.6. The Morgan fingerprint density at radius 3 is 2.55 bits per heavy atom. The Hall–Kier alpha value is -3.02. The number of fused-ring (bicyclic) bond motifs is 1. The number of aromatic nitrogens is 3. The van der Waals surface area contributed by atoms with Crippen molar-refractivity contribution >= 4 is 17.3 Å². The number of carbonyl (C=O) groups excluding carboxylic acids is 1. The van der Waals surface area contributed by atoms with E-state index in [1.807, 2.05) is 30.3 Å². The molecule has 3 aromatic rings. The molecule has 2 heterocycles. The molecule has 22 heavy (non-hydrogen) atoms. The van der Waals surface area contributed by atoms with Gasteiger partial charge in [0, 0.05) is 18.8 Å². The maximum Gasteiger partial charge on any atom is 0.332 e. The lowest BCUT2D eigenvalue weighted by atomic mass is 10.2. The van der Waals surface area contributed by atoms with Gasteiger partial charge in [-0.1, -0.05) is 30.3 Å². The van der Waals surface area contributed by atoms with E-state index in [1.165, 1.54) is 23.9 Å². The predicted molar refractivity (Wildman–Crippen MR) is 82.2 cm³/mol. The minimum atomic E-state index is -0.503. The van der Waals surface area contributed by atoms with Crippen molar-refractivity contribution in [1.29, 1.82) is 0 Å². The van der Waals surface area contributed by atoms with Gasteiger partial charge < -0.3 is 0 Å². The molecule has 0 saturated carbocycles. The highest BCUT2D eigenvalue weighted by Gasteiger charge is 2.15. The van der Waals surface area contributed by atoms with Crippen LogP contribution in [0.5, 0.6) is 0 Å². The van der Waals surface area contributed by atoms with Crippen LogP contribution in [-0.4, -0.2) is 20.4 Å². The zero-order valence-corrected chi connectivity index (χ0v) is 11.9. The fraction of sp³-hybridized carbons (Fsp3) is 0.125. The van der Waals surface area contributed by atoms with Crippen LogP contribution < -0.4 is 11.2 Å². The highest BCUT2D eigenvalue weighted by Crippen LogP contribution is 2.09. The van der Waals surface area contributed by atoms with Gasteiger partial charge in [0.2, 0.25) is 0 Å². The number of pyridine rings is 1. The molecule has 6 nitrogen and oxygen atoms in total. The Morgan fingerprint density at radius 1 is 1.14 bits per heavy atom. The first-order valence-electron chi connectivity index (χ1n) is 6.71. The monoisotopic (exact) mass is 295 g/mol. The standard InChI is InChI=1S/C16H13N3O3/c1-18-14-13(12(10-20)7-8-17-14)15(21)19(16(18)22)9-11-5-3-2-4-6-11/h2-8,10H,9H2,1H3. The van der Waals surface area contributed by atoms with Crippen LogP contribution >= 0.6 is 0 Å². The minimum Gasteiger partial charge on any atom is -0.298 e. The summed E-state index contributed by atoms with van der Waals surface area (Å²) in [5.74, 6) is 0. The zero-order chi connectivity index (χ0) is 15.7. The first-order chi connectivity index (χ1) is 10.6. The largest absolute Gasteiger partial charge is 0.332 e. The SMILES string of the molecule is Cn1c(=O)n(Cc2ccccc2)c(=O)c2c(C=O)ccnc21. The van der Waals surface area contributed by atoms with Gasteiger partial charge in [-0.05, 0) is 11.6 Å². The fourth-order valence-corrected chi connectivity index (χ4v) is 2.44. The lowest BCUT2D eigenvalue weighted by molar-refractivity contribution is 0.112. The number of aldehydes is 1. The maximum absolute atomic E-state index is 12.6. The van der Waals surface area contributed by atoms with Gasteiger partial charge in [-0.15, -0.1) is 0 Å². The normalized spacial score (nSPS) is 10.8. The average molecular weight is 295 g/mol. The van der Waals surface area contributed by atoms with Gasteiger partial charge in [0.15, 0.2) is 6.29 Å². The Labute approximate surface area is 125 Å². The summed E-state index contributed by atoms with van der Waals surface area (Å²) in [7, 11) is 1.53. The van der Waals surface area contributed by atoms with E-state index in [0.29, 0.717) is 6.29 Å². The fourth-order valence-electron chi connectivity index (χ4n) is 2.44. The smallest absolute Gasteiger partial charge is 0.298 e. The van der Waals surface area contributed by atoms with Crippen LogP contribution in [0, 0.1) is 0 Å². The number of aryl methyl sites for hydroxylation is 1. The molecule has 0 bridgehead atoms. The molecule has 3 rings (SSSR count). The van der Waals surface area contributed by atoms with Gasteiger partial charge >= 0.3 is 5.69 Å². The molecule has 0 fully saturated rings. The van der Waals surface area contributed by atoms with Crippen LogP contribution in [0.4, 0.5) is 0 Å². The molecule has 0 radical (unpaired) electrons. The predicted octanol–water partition coefficient (Wildman–Crippen LogP) is 0.956. The van der Waals surface area contributed by atoms with Crippen molar-refractivity contribution in [2.24, 2.45) is 7.05 Å². The molecule has 6 heteroatoms. The first-order valence-corrected chi connectivity index (χ1v) is 6.71. The molecule has 2 aromatic heterocycles. The Bertz CT molecular complexity index is 972. The first kappa shape index (κ1) is 13.9. The van der Waals surface area contributed by atoms with Crippen molar-refractivity contribution < 1.29 is 4.79 Å². The molecule has 0 spiro atoms. The highest BCUT2D eigenvalue weighted by molar-refractivity contribution is 5.94.